The molecule has 98 valence electrons. The van der Waals surface area contributed by atoms with E-state index >= 15 is 0 Å². The number of nitrogens with one attached hydrogen (secondary N) is 3. The molecule has 17 heavy (non-hydrogen) atoms. The van der Waals surface area contributed by atoms with Crippen LogP contribution in [0.4, 0.5) is 0 Å². The Bertz CT molecular complexity index is 283. The number of rotatable bonds is 4. The lowest BCUT2D eigenvalue weighted by Crippen LogP contribution is -2.62. The van der Waals surface area contributed by atoms with Crippen molar-refractivity contribution in [2.24, 2.45) is 0 Å². The van der Waals surface area contributed by atoms with E-state index in [9.17, 15) is 9.59 Å². The smallest absolute Gasteiger partial charge is 0.238 e. The third-order valence-electron chi connectivity index (χ3n) is 3.06. The zero-order valence-corrected chi connectivity index (χ0v) is 10.7. The van der Waals surface area contributed by atoms with Gasteiger partial charge in [0, 0.05) is 33.2 Å². The molecule has 0 spiro atoms. The first-order valence-electron chi connectivity index (χ1n) is 6.07. The van der Waals surface area contributed by atoms with E-state index in [1.54, 1.807) is 7.05 Å². The predicted octanol–water partition coefficient (Wildman–Crippen LogP) is -1.47. The van der Waals surface area contributed by atoms with Crippen LogP contribution >= 0.6 is 0 Å². The van der Waals surface area contributed by atoms with Crippen molar-refractivity contribution in [3.8, 4) is 0 Å². The highest BCUT2D eigenvalue weighted by atomic mass is 16.2. The third kappa shape index (κ3) is 3.41. The molecule has 0 bridgehead atoms. The zero-order valence-electron chi connectivity index (χ0n) is 10.7. The normalized spacial score (nSPS) is 22.9. The first-order chi connectivity index (χ1) is 8.11. The van der Waals surface area contributed by atoms with Crippen LogP contribution in [0.15, 0.2) is 0 Å². The first kappa shape index (κ1) is 13.9. The van der Waals surface area contributed by atoms with Gasteiger partial charge >= 0.3 is 0 Å². The average Bonchev–Trinajstić information content (AvgIpc) is 2.37. The van der Waals surface area contributed by atoms with Gasteiger partial charge in [0.05, 0.1) is 6.04 Å². The van der Waals surface area contributed by atoms with Gasteiger partial charge in [0.2, 0.25) is 11.8 Å². The molecule has 2 unspecified atom stereocenters. The topological polar surface area (TPSA) is 73.5 Å². The largest absolute Gasteiger partial charge is 0.358 e. The number of carbonyl (C=O) groups is 2. The lowest BCUT2D eigenvalue weighted by molar-refractivity contribution is -0.132. The van der Waals surface area contributed by atoms with E-state index in [0.29, 0.717) is 19.6 Å². The number of carbonyl (C=O) groups excluding carboxylic acids is 2. The average molecular weight is 242 g/mol. The maximum atomic E-state index is 11.9. The highest BCUT2D eigenvalue weighted by Crippen LogP contribution is 2.09. The minimum Gasteiger partial charge on any atom is -0.358 e. The Morgan fingerprint density at radius 2 is 2.24 bits per heavy atom. The molecule has 0 aromatic heterocycles. The summed E-state index contributed by atoms with van der Waals surface area (Å²) >= 11 is 0. The van der Waals surface area contributed by atoms with Gasteiger partial charge in [0.15, 0.2) is 0 Å². The van der Waals surface area contributed by atoms with Crippen LogP contribution in [0, 0.1) is 0 Å². The van der Waals surface area contributed by atoms with Crippen molar-refractivity contribution in [3.63, 3.8) is 0 Å². The van der Waals surface area contributed by atoms with E-state index in [-0.39, 0.29) is 23.9 Å². The second-order valence-corrected chi connectivity index (χ2v) is 4.14. The van der Waals surface area contributed by atoms with Crippen molar-refractivity contribution in [1.29, 1.82) is 0 Å². The molecule has 2 amide bonds. The first-order valence-corrected chi connectivity index (χ1v) is 6.07. The third-order valence-corrected chi connectivity index (χ3v) is 3.06. The summed E-state index contributed by atoms with van der Waals surface area (Å²) in [5, 5.41) is 8.61. The molecule has 0 saturated carbocycles. The van der Waals surface area contributed by atoms with Gasteiger partial charge < -0.3 is 16.0 Å². The van der Waals surface area contributed by atoms with Crippen LogP contribution in [0.5, 0.6) is 0 Å². The minimum atomic E-state index is -0.283. The van der Waals surface area contributed by atoms with Crippen molar-refractivity contribution in [2.75, 3.05) is 33.2 Å². The van der Waals surface area contributed by atoms with Gasteiger partial charge in [-0.1, -0.05) is 0 Å². The number of amides is 2. The lowest BCUT2D eigenvalue weighted by atomic mass is 10.1. The molecule has 1 rings (SSSR count). The van der Waals surface area contributed by atoms with Crippen molar-refractivity contribution in [1.82, 2.24) is 20.9 Å². The van der Waals surface area contributed by atoms with Crippen LogP contribution in [0.2, 0.25) is 0 Å². The van der Waals surface area contributed by atoms with Crippen LogP contribution in [-0.2, 0) is 9.59 Å². The molecule has 3 N–H and O–H groups in total. The Labute approximate surface area is 102 Å². The summed E-state index contributed by atoms with van der Waals surface area (Å²) in [6, 6.07) is -0.550. The summed E-state index contributed by atoms with van der Waals surface area (Å²) in [4.78, 5) is 25.5. The highest BCUT2D eigenvalue weighted by Gasteiger charge is 2.33. The maximum Gasteiger partial charge on any atom is 0.238 e. The molecule has 6 heteroatoms. The molecule has 2 atom stereocenters. The molecular formula is C11H22N4O2. The van der Waals surface area contributed by atoms with Crippen molar-refractivity contribution >= 4 is 11.8 Å². The summed E-state index contributed by atoms with van der Waals surface area (Å²) in [5.74, 6) is -0.0725. The van der Waals surface area contributed by atoms with E-state index in [1.165, 1.54) is 0 Å². The van der Waals surface area contributed by atoms with E-state index in [0.717, 1.165) is 6.54 Å². The molecule has 1 aliphatic rings. The standard InChI is InChI=1S/C11H22N4O2/c1-4-14-11(17)9-7-13-5-6-15(9)8(2)10(16)12-3/h8-9,13H,4-7H2,1-3H3,(H,12,16)(H,14,17). The van der Waals surface area contributed by atoms with Gasteiger partial charge in [-0.15, -0.1) is 0 Å². The van der Waals surface area contributed by atoms with E-state index in [4.69, 9.17) is 0 Å². The van der Waals surface area contributed by atoms with Gasteiger partial charge in [-0.2, -0.15) is 0 Å². The summed E-state index contributed by atoms with van der Waals surface area (Å²) < 4.78 is 0. The molecule has 6 nitrogen and oxygen atoms in total. The van der Waals surface area contributed by atoms with Crippen molar-refractivity contribution in [3.05, 3.63) is 0 Å². The highest BCUT2D eigenvalue weighted by molar-refractivity contribution is 5.85. The Morgan fingerprint density at radius 1 is 1.53 bits per heavy atom. The van der Waals surface area contributed by atoms with Gasteiger partial charge in [-0.25, -0.2) is 0 Å². The van der Waals surface area contributed by atoms with E-state index < -0.39 is 0 Å². The molecule has 0 radical (unpaired) electrons. The molecule has 1 saturated heterocycles. The lowest BCUT2D eigenvalue weighted by Gasteiger charge is -2.38. The Hall–Kier alpha value is -1.14. The fourth-order valence-electron chi connectivity index (χ4n) is 2.08. The second-order valence-electron chi connectivity index (χ2n) is 4.14. The Kier molecular flexibility index (Phi) is 5.37. The number of likely N-dealkylation sites (N-methyl/N-ethyl adjacent to an activating group) is 2. The summed E-state index contributed by atoms with van der Waals surface area (Å²) in [5.41, 5.74) is 0. The van der Waals surface area contributed by atoms with Gasteiger partial charge in [-0.05, 0) is 13.8 Å². The summed E-state index contributed by atoms with van der Waals surface area (Å²) in [6.07, 6.45) is 0. The fourth-order valence-corrected chi connectivity index (χ4v) is 2.08. The van der Waals surface area contributed by atoms with Gasteiger partial charge in [0.25, 0.3) is 0 Å². The summed E-state index contributed by atoms with van der Waals surface area (Å²) in [7, 11) is 1.61. The SMILES string of the molecule is CCNC(=O)C1CNCCN1C(C)C(=O)NC. The van der Waals surface area contributed by atoms with Crippen LogP contribution in [-0.4, -0.2) is 62.0 Å². The van der Waals surface area contributed by atoms with Crippen LogP contribution in [0.25, 0.3) is 0 Å². The van der Waals surface area contributed by atoms with Crippen molar-refractivity contribution in [2.45, 2.75) is 25.9 Å². The molecule has 1 aliphatic heterocycles. The van der Waals surface area contributed by atoms with Crippen molar-refractivity contribution < 1.29 is 9.59 Å². The molecular weight excluding hydrogens is 220 g/mol. The summed E-state index contributed by atoms with van der Waals surface area (Å²) in [6.45, 7) is 6.43. The Balaban J connectivity index is 2.71. The number of piperazine rings is 1. The van der Waals surface area contributed by atoms with Crippen LogP contribution in [0.3, 0.4) is 0 Å². The quantitative estimate of drug-likeness (QED) is 0.563. The van der Waals surface area contributed by atoms with Crippen LogP contribution < -0.4 is 16.0 Å². The van der Waals surface area contributed by atoms with Gasteiger partial charge in [0.1, 0.15) is 6.04 Å². The molecule has 0 aromatic carbocycles. The second kappa shape index (κ2) is 6.56. The maximum absolute atomic E-state index is 11.9. The monoisotopic (exact) mass is 242 g/mol. The molecule has 1 fully saturated rings. The number of nitrogens with zero attached hydrogens (tertiary/aromatic N) is 1. The minimum absolute atomic E-state index is 0.0181. The molecule has 0 aromatic rings. The number of hydrogen-bond donors (Lipinski definition) is 3. The Morgan fingerprint density at radius 3 is 2.82 bits per heavy atom. The number of hydrogen-bond acceptors (Lipinski definition) is 4. The van der Waals surface area contributed by atoms with Crippen LogP contribution in [0.1, 0.15) is 13.8 Å². The zero-order chi connectivity index (χ0) is 12.8. The predicted molar refractivity (Wildman–Crippen MR) is 65.6 cm³/mol. The fraction of sp³-hybridized carbons (Fsp3) is 0.818. The molecule has 1 heterocycles. The van der Waals surface area contributed by atoms with E-state index in [1.807, 2.05) is 18.7 Å². The van der Waals surface area contributed by atoms with Gasteiger partial charge in [-0.3, -0.25) is 14.5 Å². The van der Waals surface area contributed by atoms with E-state index in [2.05, 4.69) is 16.0 Å². The molecule has 0 aliphatic carbocycles.